The van der Waals surface area contributed by atoms with Gasteiger partial charge in [0.15, 0.2) is 5.16 Å². The van der Waals surface area contributed by atoms with Crippen LogP contribution in [0.3, 0.4) is 0 Å². The van der Waals surface area contributed by atoms with E-state index in [-0.39, 0.29) is 5.75 Å². The highest BCUT2D eigenvalue weighted by molar-refractivity contribution is 7.99. The van der Waals surface area contributed by atoms with Crippen molar-refractivity contribution >= 4 is 17.7 Å². The van der Waals surface area contributed by atoms with E-state index in [4.69, 9.17) is 9.52 Å². The number of aliphatic carboxylic acids is 1. The van der Waals surface area contributed by atoms with Crippen LogP contribution in [-0.2, 0) is 17.8 Å². The molecule has 5 nitrogen and oxygen atoms in total. The summed E-state index contributed by atoms with van der Waals surface area (Å²) in [6, 6.07) is 3.81. The summed E-state index contributed by atoms with van der Waals surface area (Å²) in [5.74, 6) is 0.456. The molecule has 0 bridgehead atoms. The summed E-state index contributed by atoms with van der Waals surface area (Å²) >= 11 is 1.25. The van der Waals surface area contributed by atoms with Gasteiger partial charge in [-0.1, -0.05) is 25.6 Å². The van der Waals surface area contributed by atoms with Gasteiger partial charge >= 0.3 is 5.97 Å². The molecule has 1 N–H and O–H groups in total. The zero-order valence-electron chi connectivity index (χ0n) is 11.6. The molecule has 0 amide bonds. The first-order chi connectivity index (χ1) is 9.58. The topological polar surface area (TPSA) is 68.3 Å². The molecule has 2 rings (SSSR count). The number of rotatable bonds is 7. The number of hydrogen-bond donors (Lipinski definition) is 1. The van der Waals surface area contributed by atoms with Crippen molar-refractivity contribution in [3.05, 3.63) is 36.0 Å². The summed E-state index contributed by atoms with van der Waals surface area (Å²) in [6.45, 7) is 4.95. The Hall–Kier alpha value is -1.69. The molecule has 0 unspecified atom stereocenters. The number of aromatic nitrogens is 2. The van der Waals surface area contributed by atoms with Crippen molar-refractivity contribution < 1.29 is 14.3 Å². The molecule has 0 saturated heterocycles. The quantitative estimate of drug-likeness (QED) is 0.795. The molecule has 0 spiro atoms. The van der Waals surface area contributed by atoms with Crippen LogP contribution in [0.15, 0.2) is 34.2 Å². The molecule has 0 fully saturated rings. The van der Waals surface area contributed by atoms with E-state index >= 15 is 0 Å². The zero-order valence-corrected chi connectivity index (χ0v) is 12.4. The molecule has 0 aliphatic rings. The molecule has 0 aromatic carbocycles. The standard InChI is InChI=1S/C14H18N2O3S/c1-10(2)12-8-15-14(20-9-13(17)18)16(12)6-5-11-4-3-7-19-11/h3-4,7-8,10H,5-6,9H2,1-2H3,(H,17,18). The second-order valence-corrected chi connectivity index (χ2v) is 5.73. The van der Waals surface area contributed by atoms with Crippen molar-refractivity contribution in [3.63, 3.8) is 0 Å². The monoisotopic (exact) mass is 294 g/mol. The molecule has 0 saturated carbocycles. The second-order valence-electron chi connectivity index (χ2n) is 4.78. The average molecular weight is 294 g/mol. The first-order valence-electron chi connectivity index (χ1n) is 6.50. The lowest BCUT2D eigenvalue weighted by Gasteiger charge is -2.12. The predicted octanol–water partition coefficient (Wildman–Crippen LogP) is 3.02. The third-order valence-corrected chi connectivity index (χ3v) is 3.90. The highest BCUT2D eigenvalue weighted by Gasteiger charge is 2.14. The van der Waals surface area contributed by atoms with Crippen molar-refractivity contribution in [2.75, 3.05) is 5.75 Å². The van der Waals surface area contributed by atoms with E-state index in [2.05, 4.69) is 23.4 Å². The number of carbonyl (C=O) groups is 1. The Morgan fingerprint density at radius 3 is 2.95 bits per heavy atom. The molecule has 0 aliphatic carbocycles. The number of carboxylic acid groups (broad SMARTS) is 1. The van der Waals surface area contributed by atoms with Crippen LogP contribution in [-0.4, -0.2) is 26.4 Å². The summed E-state index contributed by atoms with van der Waals surface area (Å²) in [6.07, 6.45) is 4.26. The zero-order chi connectivity index (χ0) is 14.5. The number of hydrogen-bond acceptors (Lipinski definition) is 4. The van der Waals surface area contributed by atoms with Crippen molar-refractivity contribution in [2.45, 2.75) is 37.9 Å². The number of nitrogens with zero attached hydrogens (tertiary/aromatic N) is 2. The minimum atomic E-state index is -0.832. The van der Waals surface area contributed by atoms with Crippen molar-refractivity contribution in [2.24, 2.45) is 0 Å². The lowest BCUT2D eigenvalue weighted by atomic mass is 10.1. The maximum absolute atomic E-state index is 10.7. The fourth-order valence-corrected chi connectivity index (χ4v) is 2.71. The van der Waals surface area contributed by atoms with E-state index in [0.717, 1.165) is 29.6 Å². The first-order valence-corrected chi connectivity index (χ1v) is 7.49. The van der Waals surface area contributed by atoms with E-state index in [1.807, 2.05) is 18.3 Å². The van der Waals surface area contributed by atoms with Gasteiger partial charge in [0.1, 0.15) is 5.76 Å². The minimum Gasteiger partial charge on any atom is -0.481 e. The third kappa shape index (κ3) is 3.66. The molecular weight excluding hydrogens is 276 g/mol. The number of aryl methyl sites for hydroxylation is 1. The van der Waals surface area contributed by atoms with Gasteiger partial charge in [-0.3, -0.25) is 4.79 Å². The van der Waals surface area contributed by atoms with Gasteiger partial charge in [0.25, 0.3) is 0 Å². The summed E-state index contributed by atoms with van der Waals surface area (Å²) in [4.78, 5) is 15.0. The van der Waals surface area contributed by atoms with Crippen molar-refractivity contribution in [3.8, 4) is 0 Å². The Morgan fingerprint density at radius 2 is 2.35 bits per heavy atom. The Labute approximate surface area is 122 Å². The molecule has 20 heavy (non-hydrogen) atoms. The summed E-state index contributed by atoms with van der Waals surface area (Å²) in [5, 5.41) is 9.54. The first kappa shape index (κ1) is 14.7. The smallest absolute Gasteiger partial charge is 0.313 e. The molecule has 2 aromatic rings. The second kappa shape index (κ2) is 6.65. The van der Waals surface area contributed by atoms with Crippen LogP contribution in [0.4, 0.5) is 0 Å². The normalized spacial score (nSPS) is 11.2. The van der Waals surface area contributed by atoms with Crippen LogP contribution in [0, 0.1) is 0 Å². The molecule has 0 aliphatic heterocycles. The van der Waals surface area contributed by atoms with Crippen LogP contribution in [0.1, 0.15) is 31.2 Å². The van der Waals surface area contributed by atoms with Gasteiger partial charge in [-0.25, -0.2) is 4.98 Å². The number of thioether (sulfide) groups is 1. The van der Waals surface area contributed by atoms with E-state index in [1.165, 1.54) is 11.8 Å². The maximum atomic E-state index is 10.7. The van der Waals surface area contributed by atoms with Crippen LogP contribution in [0.25, 0.3) is 0 Å². The van der Waals surface area contributed by atoms with Crippen LogP contribution < -0.4 is 0 Å². The minimum absolute atomic E-state index is 0.0231. The summed E-state index contributed by atoms with van der Waals surface area (Å²) in [5.41, 5.74) is 1.12. The lowest BCUT2D eigenvalue weighted by molar-refractivity contribution is -0.133. The largest absolute Gasteiger partial charge is 0.481 e. The van der Waals surface area contributed by atoms with E-state index in [1.54, 1.807) is 6.26 Å². The molecule has 2 aromatic heterocycles. The number of carboxylic acids is 1. The van der Waals surface area contributed by atoms with Gasteiger partial charge in [0.05, 0.1) is 12.0 Å². The molecule has 0 radical (unpaired) electrons. The molecular formula is C14H18N2O3S. The lowest BCUT2D eigenvalue weighted by Crippen LogP contribution is -2.09. The fraction of sp³-hybridized carbons (Fsp3) is 0.429. The Bertz CT molecular complexity index is 561. The van der Waals surface area contributed by atoms with Gasteiger partial charge in [0.2, 0.25) is 0 Å². The maximum Gasteiger partial charge on any atom is 0.313 e. The third-order valence-electron chi connectivity index (χ3n) is 2.93. The van der Waals surface area contributed by atoms with Crippen LogP contribution >= 0.6 is 11.8 Å². The predicted molar refractivity (Wildman–Crippen MR) is 77.1 cm³/mol. The van der Waals surface area contributed by atoms with Gasteiger partial charge in [-0.2, -0.15) is 0 Å². The van der Waals surface area contributed by atoms with E-state index in [9.17, 15) is 4.79 Å². The molecule has 6 heteroatoms. The molecule has 0 atom stereocenters. The van der Waals surface area contributed by atoms with Crippen molar-refractivity contribution in [1.82, 2.24) is 9.55 Å². The summed E-state index contributed by atoms with van der Waals surface area (Å²) < 4.78 is 7.42. The van der Waals surface area contributed by atoms with Crippen LogP contribution in [0.5, 0.6) is 0 Å². The van der Waals surface area contributed by atoms with E-state index < -0.39 is 5.97 Å². The number of imidazole rings is 1. The summed E-state index contributed by atoms with van der Waals surface area (Å²) in [7, 11) is 0. The van der Waals surface area contributed by atoms with Crippen molar-refractivity contribution in [1.29, 1.82) is 0 Å². The Morgan fingerprint density at radius 1 is 1.55 bits per heavy atom. The van der Waals surface area contributed by atoms with Gasteiger partial charge in [-0.05, 0) is 18.1 Å². The highest BCUT2D eigenvalue weighted by atomic mass is 32.2. The average Bonchev–Trinajstić information content (AvgIpc) is 3.03. The Kier molecular flexibility index (Phi) is 4.89. The van der Waals surface area contributed by atoms with Gasteiger partial charge in [-0.15, -0.1) is 0 Å². The number of furan rings is 1. The Balaban J connectivity index is 2.13. The van der Waals surface area contributed by atoms with Gasteiger partial charge in [0, 0.05) is 24.9 Å². The van der Waals surface area contributed by atoms with E-state index in [0.29, 0.717) is 5.92 Å². The van der Waals surface area contributed by atoms with Crippen LogP contribution in [0.2, 0.25) is 0 Å². The van der Waals surface area contributed by atoms with Gasteiger partial charge < -0.3 is 14.1 Å². The fourth-order valence-electron chi connectivity index (χ4n) is 1.97. The SMILES string of the molecule is CC(C)c1cnc(SCC(=O)O)n1CCc1ccco1. The highest BCUT2D eigenvalue weighted by Crippen LogP contribution is 2.24. The molecule has 2 heterocycles. The molecule has 108 valence electrons.